The van der Waals surface area contributed by atoms with E-state index in [1.165, 1.54) is 30.5 Å². The lowest BCUT2D eigenvalue weighted by Crippen LogP contribution is -2.12. The van der Waals surface area contributed by atoms with E-state index in [9.17, 15) is 0 Å². The minimum absolute atomic E-state index is 0.640. The molecule has 0 unspecified atom stereocenters. The van der Waals surface area contributed by atoms with Crippen LogP contribution in [0.25, 0.3) is 0 Å². The van der Waals surface area contributed by atoms with Crippen molar-refractivity contribution in [2.75, 3.05) is 6.61 Å². The van der Waals surface area contributed by atoms with Gasteiger partial charge in [-0.1, -0.05) is 35.5 Å². The smallest absolute Gasteiger partial charge is 0.125 e. The Morgan fingerprint density at radius 1 is 1.19 bits per heavy atom. The van der Waals surface area contributed by atoms with Crippen molar-refractivity contribution in [1.82, 2.24) is 0 Å². The molecule has 1 aromatic carbocycles. The molecule has 1 aliphatic heterocycles. The summed E-state index contributed by atoms with van der Waals surface area (Å²) in [6.07, 6.45) is 4.97. The SMILES string of the molecule is c1ccc(CC[C@H]2CC[C@@H]3CON=C23)cc1. The molecule has 0 amide bonds. The van der Waals surface area contributed by atoms with E-state index in [4.69, 9.17) is 4.84 Å². The maximum atomic E-state index is 5.18. The lowest BCUT2D eigenvalue weighted by atomic mass is 9.95. The summed E-state index contributed by atoms with van der Waals surface area (Å²) >= 11 is 0. The fourth-order valence-electron chi connectivity index (χ4n) is 2.83. The Morgan fingerprint density at radius 2 is 2.06 bits per heavy atom. The number of aryl methyl sites for hydroxylation is 1. The van der Waals surface area contributed by atoms with Crippen molar-refractivity contribution >= 4 is 5.71 Å². The Labute approximate surface area is 96.3 Å². The van der Waals surface area contributed by atoms with E-state index in [0.717, 1.165) is 13.0 Å². The van der Waals surface area contributed by atoms with Crippen LogP contribution in [0.5, 0.6) is 0 Å². The van der Waals surface area contributed by atoms with Gasteiger partial charge in [0.15, 0.2) is 0 Å². The molecule has 2 heteroatoms. The van der Waals surface area contributed by atoms with Gasteiger partial charge in [0.25, 0.3) is 0 Å². The first-order valence-corrected chi connectivity index (χ1v) is 6.17. The average molecular weight is 215 g/mol. The van der Waals surface area contributed by atoms with Gasteiger partial charge in [0.1, 0.15) is 6.61 Å². The van der Waals surface area contributed by atoms with Crippen LogP contribution in [0.3, 0.4) is 0 Å². The molecule has 1 aliphatic carbocycles. The van der Waals surface area contributed by atoms with Crippen molar-refractivity contribution < 1.29 is 4.84 Å². The number of hydrogen-bond donors (Lipinski definition) is 0. The van der Waals surface area contributed by atoms with E-state index in [2.05, 4.69) is 35.5 Å². The van der Waals surface area contributed by atoms with Gasteiger partial charge in [0.2, 0.25) is 0 Å². The van der Waals surface area contributed by atoms with E-state index >= 15 is 0 Å². The van der Waals surface area contributed by atoms with Crippen LogP contribution in [0.1, 0.15) is 24.8 Å². The Balaban J connectivity index is 1.60. The summed E-state index contributed by atoms with van der Waals surface area (Å²) in [5.41, 5.74) is 2.78. The zero-order chi connectivity index (χ0) is 10.8. The minimum atomic E-state index is 0.640. The molecule has 16 heavy (non-hydrogen) atoms. The van der Waals surface area contributed by atoms with E-state index in [0.29, 0.717) is 11.8 Å². The van der Waals surface area contributed by atoms with Gasteiger partial charge in [-0.25, -0.2) is 0 Å². The lowest BCUT2D eigenvalue weighted by molar-refractivity contribution is 0.151. The van der Waals surface area contributed by atoms with Gasteiger partial charge in [-0.2, -0.15) is 0 Å². The Morgan fingerprint density at radius 3 is 2.94 bits per heavy atom. The summed E-state index contributed by atoms with van der Waals surface area (Å²) in [4.78, 5) is 5.18. The normalized spacial score (nSPS) is 27.4. The first-order valence-electron chi connectivity index (χ1n) is 6.17. The Kier molecular flexibility index (Phi) is 2.65. The highest BCUT2D eigenvalue weighted by Crippen LogP contribution is 2.34. The predicted molar refractivity (Wildman–Crippen MR) is 64.4 cm³/mol. The fraction of sp³-hybridized carbons (Fsp3) is 0.500. The van der Waals surface area contributed by atoms with Crippen molar-refractivity contribution in [3.05, 3.63) is 35.9 Å². The van der Waals surface area contributed by atoms with Crippen molar-refractivity contribution in [3.8, 4) is 0 Å². The number of nitrogens with zero attached hydrogens (tertiary/aromatic N) is 1. The zero-order valence-electron chi connectivity index (χ0n) is 9.43. The number of benzene rings is 1. The molecule has 1 fully saturated rings. The quantitative estimate of drug-likeness (QED) is 0.759. The van der Waals surface area contributed by atoms with Gasteiger partial charge in [-0.05, 0) is 31.2 Å². The lowest BCUT2D eigenvalue weighted by Gasteiger charge is -2.09. The molecule has 0 N–H and O–H groups in total. The molecule has 0 spiro atoms. The summed E-state index contributed by atoms with van der Waals surface area (Å²) in [5.74, 6) is 1.31. The summed E-state index contributed by atoms with van der Waals surface area (Å²) in [6, 6.07) is 10.7. The fourth-order valence-corrected chi connectivity index (χ4v) is 2.83. The van der Waals surface area contributed by atoms with Crippen LogP contribution in [0.2, 0.25) is 0 Å². The highest BCUT2D eigenvalue weighted by atomic mass is 16.6. The summed E-state index contributed by atoms with van der Waals surface area (Å²) in [5, 5.41) is 4.21. The molecule has 0 saturated heterocycles. The molecular formula is C14H17NO. The van der Waals surface area contributed by atoms with E-state index in [1.807, 2.05) is 0 Å². The van der Waals surface area contributed by atoms with E-state index in [-0.39, 0.29) is 0 Å². The molecule has 1 saturated carbocycles. The molecule has 0 radical (unpaired) electrons. The highest BCUT2D eigenvalue weighted by molar-refractivity contribution is 5.91. The van der Waals surface area contributed by atoms with Gasteiger partial charge in [-0.3, -0.25) is 0 Å². The summed E-state index contributed by atoms with van der Waals surface area (Å²) < 4.78 is 0. The maximum Gasteiger partial charge on any atom is 0.125 e. The van der Waals surface area contributed by atoms with Crippen LogP contribution in [-0.2, 0) is 11.3 Å². The Hall–Kier alpha value is -1.31. The van der Waals surface area contributed by atoms with Gasteiger partial charge < -0.3 is 4.84 Å². The monoisotopic (exact) mass is 215 g/mol. The van der Waals surface area contributed by atoms with Gasteiger partial charge in [-0.15, -0.1) is 0 Å². The maximum absolute atomic E-state index is 5.18. The minimum Gasteiger partial charge on any atom is -0.395 e. The first kappa shape index (κ1) is 9.88. The topological polar surface area (TPSA) is 21.6 Å². The van der Waals surface area contributed by atoms with Crippen LogP contribution in [0.15, 0.2) is 35.5 Å². The predicted octanol–water partition coefficient (Wildman–Crippen LogP) is 3.03. The average Bonchev–Trinajstić information content (AvgIpc) is 2.90. The van der Waals surface area contributed by atoms with Crippen LogP contribution in [0, 0.1) is 11.8 Å². The van der Waals surface area contributed by atoms with Crippen molar-refractivity contribution in [2.45, 2.75) is 25.7 Å². The number of hydrogen-bond acceptors (Lipinski definition) is 2. The van der Waals surface area contributed by atoms with Gasteiger partial charge in [0, 0.05) is 11.8 Å². The molecular weight excluding hydrogens is 198 g/mol. The van der Waals surface area contributed by atoms with Gasteiger partial charge in [0.05, 0.1) is 5.71 Å². The second-order valence-electron chi connectivity index (χ2n) is 4.81. The summed E-state index contributed by atoms with van der Waals surface area (Å²) in [6.45, 7) is 0.831. The zero-order valence-corrected chi connectivity index (χ0v) is 9.43. The molecule has 84 valence electrons. The van der Waals surface area contributed by atoms with Crippen LogP contribution < -0.4 is 0 Å². The third-order valence-corrected chi connectivity index (χ3v) is 3.77. The van der Waals surface area contributed by atoms with Crippen LogP contribution in [-0.4, -0.2) is 12.3 Å². The second kappa shape index (κ2) is 4.28. The van der Waals surface area contributed by atoms with Crippen molar-refractivity contribution in [1.29, 1.82) is 0 Å². The number of rotatable bonds is 3. The van der Waals surface area contributed by atoms with E-state index in [1.54, 1.807) is 0 Å². The second-order valence-corrected chi connectivity index (χ2v) is 4.81. The third kappa shape index (κ3) is 1.84. The molecule has 3 rings (SSSR count). The van der Waals surface area contributed by atoms with Crippen molar-refractivity contribution in [2.24, 2.45) is 17.0 Å². The number of oxime groups is 1. The molecule has 2 aliphatic rings. The highest BCUT2D eigenvalue weighted by Gasteiger charge is 2.35. The Bertz CT molecular complexity index is 385. The van der Waals surface area contributed by atoms with Gasteiger partial charge >= 0.3 is 0 Å². The third-order valence-electron chi connectivity index (χ3n) is 3.77. The molecule has 1 aromatic rings. The van der Waals surface area contributed by atoms with Crippen LogP contribution >= 0.6 is 0 Å². The molecule has 0 bridgehead atoms. The molecule has 0 aromatic heterocycles. The largest absolute Gasteiger partial charge is 0.395 e. The molecule has 2 nitrogen and oxygen atoms in total. The van der Waals surface area contributed by atoms with E-state index < -0.39 is 0 Å². The van der Waals surface area contributed by atoms with Crippen LogP contribution in [0.4, 0.5) is 0 Å². The first-order chi connectivity index (χ1) is 7.93. The summed E-state index contributed by atoms with van der Waals surface area (Å²) in [7, 11) is 0. The van der Waals surface area contributed by atoms with Crippen molar-refractivity contribution in [3.63, 3.8) is 0 Å². The molecule has 1 heterocycles. The molecule has 2 atom stereocenters. The standard InChI is InChI=1S/C14H17NO/c1-2-4-11(5-3-1)6-7-12-8-9-13-10-16-15-14(12)13/h1-5,12-13H,6-10H2/t12-,13+/m0/s1. The number of fused-ring (bicyclic) bond motifs is 1.